The number of hydrogen-bond donors (Lipinski definition) is 2. The number of amides is 2. The topological polar surface area (TPSA) is 70.2 Å². The number of anilines is 3. The van der Waals surface area contributed by atoms with Crippen LogP contribution in [0.5, 0.6) is 0 Å². The number of nitrogens with zero attached hydrogens (tertiary/aromatic N) is 3. The van der Waals surface area contributed by atoms with E-state index in [1.165, 1.54) is 11.3 Å². The van der Waals surface area contributed by atoms with Gasteiger partial charge in [0.1, 0.15) is 0 Å². The minimum atomic E-state index is -0.357. The fourth-order valence-corrected chi connectivity index (χ4v) is 3.18. The third-order valence-electron chi connectivity index (χ3n) is 3.18. The van der Waals surface area contributed by atoms with Crippen LogP contribution in [-0.4, -0.2) is 29.3 Å². The molecule has 0 aliphatic heterocycles. The Balaban J connectivity index is 1.98. The summed E-state index contributed by atoms with van der Waals surface area (Å²) in [6.45, 7) is 10.5. The standard InChI is InChI=1S/C17H24ClN5OS/c1-11(2)9-23(10-12(3)4)17-22-21-16(25-17)20-15(24)19-14-7-5-13(18)6-8-14/h5-8,11-12H,9-10H2,1-4H3,(H2,19,20,21,24). The normalized spacial score (nSPS) is 11.0. The molecule has 6 nitrogen and oxygen atoms in total. The second-order valence-electron chi connectivity index (χ2n) is 6.67. The van der Waals surface area contributed by atoms with Crippen LogP contribution in [0.4, 0.5) is 20.7 Å². The predicted molar refractivity (Wildman–Crippen MR) is 106 cm³/mol. The molecule has 0 saturated heterocycles. The SMILES string of the molecule is CC(C)CN(CC(C)C)c1nnc(NC(=O)Nc2ccc(Cl)cc2)s1. The van der Waals surface area contributed by atoms with E-state index in [-0.39, 0.29) is 6.03 Å². The van der Waals surface area contributed by atoms with E-state index >= 15 is 0 Å². The zero-order valence-electron chi connectivity index (χ0n) is 14.9. The number of rotatable bonds is 7. The van der Waals surface area contributed by atoms with Crippen molar-refractivity contribution in [3.8, 4) is 0 Å². The molecule has 0 unspecified atom stereocenters. The molecule has 1 aromatic heterocycles. The molecule has 1 heterocycles. The molecule has 136 valence electrons. The number of carbonyl (C=O) groups excluding carboxylic acids is 1. The zero-order valence-corrected chi connectivity index (χ0v) is 16.5. The molecule has 0 aliphatic carbocycles. The van der Waals surface area contributed by atoms with Crippen molar-refractivity contribution in [1.82, 2.24) is 10.2 Å². The average molecular weight is 382 g/mol. The summed E-state index contributed by atoms with van der Waals surface area (Å²) in [5.74, 6) is 1.04. The van der Waals surface area contributed by atoms with Gasteiger partial charge < -0.3 is 10.2 Å². The van der Waals surface area contributed by atoms with Gasteiger partial charge in [0.15, 0.2) is 0 Å². The van der Waals surface area contributed by atoms with Crippen LogP contribution in [-0.2, 0) is 0 Å². The number of carbonyl (C=O) groups is 1. The largest absolute Gasteiger partial charge is 0.346 e. The van der Waals surface area contributed by atoms with Crippen molar-refractivity contribution in [1.29, 1.82) is 0 Å². The number of benzene rings is 1. The number of nitrogens with one attached hydrogen (secondary N) is 2. The molecule has 0 fully saturated rings. The fraction of sp³-hybridized carbons (Fsp3) is 0.471. The van der Waals surface area contributed by atoms with E-state index in [9.17, 15) is 4.79 Å². The maximum Gasteiger partial charge on any atom is 0.325 e. The van der Waals surface area contributed by atoms with Crippen LogP contribution in [0, 0.1) is 11.8 Å². The van der Waals surface area contributed by atoms with Crippen LogP contribution in [0.2, 0.25) is 5.02 Å². The minimum absolute atomic E-state index is 0.357. The second kappa shape index (κ2) is 9.01. The Hall–Kier alpha value is -1.86. The first kappa shape index (κ1) is 19.5. The molecule has 1 aromatic carbocycles. The van der Waals surface area contributed by atoms with Gasteiger partial charge >= 0.3 is 6.03 Å². The maximum atomic E-state index is 12.1. The van der Waals surface area contributed by atoms with E-state index in [0.29, 0.717) is 27.7 Å². The zero-order chi connectivity index (χ0) is 18.4. The summed E-state index contributed by atoms with van der Waals surface area (Å²) in [4.78, 5) is 14.3. The molecule has 0 atom stereocenters. The van der Waals surface area contributed by atoms with Crippen molar-refractivity contribution in [3.05, 3.63) is 29.3 Å². The Labute approximate surface area is 157 Å². The van der Waals surface area contributed by atoms with Gasteiger partial charge in [-0.3, -0.25) is 5.32 Å². The molecule has 8 heteroatoms. The third-order valence-corrected chi connectivity index (χ3v) is 4.33. The molecule has 2 rings (SSSR count). The monoisotopic (exact) mass is 381 g/mol. The summed E-state index contributed by atoms with van der Waals surface area (Å²) in [5.41, 5.74) is 0.660. The van der Waals surface area contributed by atoms with E-state index in [1.54, 1.807) is 24.3 Å². The average Bonchev–Trinajstić information content (AvgIpc) is 2.96. The molecular formula is C17H24ClN5OS. The summed E-state index contributed by atoms with van der Waals surface area (Å²) in [5, 5.41) is 15.7. The van der Waals surface area contributed by atoms with Crippen LogP contribution < -0.4 is 15.5 Å². The van der Waals surface area contributed by atoms with Crippen LogP contribution >= 0.6 is 22.9 Å². The van der Waals surface area contributed by atoms with Gasteiger partial charge in [0.05, 0.1) is 0 Å². The van der Waals surface area contributed by atoms with Crippen LogP contribution in [0.25, 0.3) is 0 Å². The summed E-state index contributed by atoms with van der Waals surface area (Å²) >= 11 is 7.21. The van der Waals surface area contributed by atoms with Crippen molar-refractivity contribution < 1.29 is 4.79 Å². The summed E-state index contributed by atoms with van der Waals surface area (Å²) in [6, 6.07) is 6.55. The van der Waals surface area contributed by atoms with E-state index in [1.807, 2.05) is 0 Å². The first-order valence-corrected chi connectivity index (χ1v) is 9.45. The lowest BCUT2D eigenvalue weighted by Gasteiger charge is -2.25. The Bertz CT molecular complexity index is 677. The molecule has 0 radical (unpaired) electrons. The minimum Gasteiger partial charge on any atom is -0.346 e. The quantitative estimate of drug-likeness (QED) is 0.711. The van der Waals surface area contributed by atoms with Crippen molar-refractivity contribution in [2.75, 3.05) is 28.6 Å². The Morgan fingerprint density at radius 1 is 1.08 bits per heavy atom. The first-order valence-electron chi connectivity index (χ1n) is 8.25. The molecule has 0 spiro atoms. The van der Waals surface area contributed by atoms with Gasteiger partial charge in [-0.15, -0.1) is 10.2 Å². The van der Waals surface area contributed by atoms with Crippen molar-refractivity contribution >= 4 is 44.9 Å². The number of aromatic nitrogens is 2. The second-order valence-corrected chi connectivity index (χ2v) is 8.06. The molecule has 0 bridgehead atoms. The van der Waals surface area contributed by atoms with Gasteiger partial charge in [0.2, 0.25) is 10.3 Å². The molecule has 2 aromatic rings. The maximum absolute atomic E-state index is 12.1. The summed E-state index contributed by atoms with van der Waals surface area (Å²) < 4.78 is 0. The molecular weight excluding hydrogens is 358 g/mol. The Morgan fingerprint density at radius 3 is 2.24 bits per heavy atom. The van der Waals surface area contributed by atoms with Gasteiger partial charge in [-0.2, -0.15) is 0 Å². The van der Waals surface area contributed by atoms with Gasteiger partial charge in [-0.25, -0.2) is 4.79 Å². The van der Waals surface area contributed by atoms with Crippen LogP contribution in [0.1, 0.15) is 27.7 Å². The van der Waals surface area contributed by atoms with E-state index in [0.717, 1.165) is 18.2 Å². The Kier molecular flexibility index (Phi) is 7.01. The summed E-state index contributed by atoms with van der Waals surface area (Å²) in [7, 11) is 0. The highest BCUT2D eigenvalue weighted by atomic mass is 35.5. The van der Waals surface area contributed by atoms with E-state index < -0.39 is 0 Å². The van der Waals surface area contributed by atoms with Gasteiger partial charge in [0, 0.05) is 23.8 Å². The van der Waals surface area contributed by atoms with Crippen molar-refractivity contribution in [3.63, 3.8) is 0 Å². The lowest BCUT2D eigenvalue weighted by Crippen LogP contribution is -2.31. The highest BCUT2D eigenvalue weighted by molar-refractivity contribution is 7.19. The first-order chi connectivity index (χ1) is 11.8. The number of halogens is 1. The number of hydrogen-bond acceptors (Lipinski definition) is 5. The smallest absolute Gasteiger partial charge is 0.325 e. The lowest BCUT2D eigenvalue weighted by molar-refractivity contribution is 0.262. The molecule has 2 N–H and O–H groups in total. The van der Waals surface area contributed by atoms with Crippen molar-refractivity contribution in [2.24, 2.45) is 11.8 Å². The third kappa shape index (κ3) is 6.51. The Morgan fingerprint density at radius 2 is 1.68 bits per heavy atom. The predicted octanol–water partition coefficient (Wildman–Crippen LogP) is 4.95. The molecule has 2 amide bonds. The van der Waals surface area contributed by atoms with Gasteiger partial charge in [-0.1, -0.05) is 50.6 Å². The van der Waals surface area contributed by atoms with Crippen LogP contribution in [0.3, 0.4) is 0 Å². The molecule has 25 heavy (non-hydrogen) atoms. The lowest BCUT2D eigenvalue weighted by atomic mass is 10.1. The highest BCUT2D eigenvalue weighted by Crippen LogP contribution is 2.26. The fourth-order valence-electron chi connectivity index (χ4n) is 2.30. The molecule has 0 aliphatic rings. The van der Waals surface area contributed by atoms with Crippen molar-refractivity contribution in [2.45, 2.75) is 27.7 Å². The highest BCUT2D eigenvalue weighted by Gasteiger charge is 2.16. The van der Waals surface area contributed by atoms with E-state index in [4.69, 9.17) is 11.6 Å². The van der Waals surface area contributed by atoms with E-state index in [2.05, 4.69) is 53.4 Å². The van der Waals surface area contributed by atoms with Crippen LogP contribution in [0.15, 0.2) is 24.3 Å². The van der Waals surface area contributed by atoms with Gasteiger partial charge in [0.25, 0.3) is 0 Å². The summed E-state index contributed by atoms with van der Waals surface area (Å²) in [6.07, 6.45) is 0. The van der Waals surface area contributed by atoms with Gasteiger partial charge in [-0.05, 0) is 36.1 Å². The molecule has 0 saturated carbocycles. The number of urea groups is 1.